The Morgan fingerprint density at radius 3 is 1.68 bits per heavy atom. The number of hydrogen-bond donors (Lipinski definition) is 3. The lowest BCUT2D eigenvalue weighted by Crippen LogP contribution is -2.38. The molecule has 0 aliphatic rings. The third kappa shape index (κ3) is 7.53. The van der Waals surface area contributed by atoms with Crippen LogP contribution in [-0.4, -0.2) is 42.3 Å². The van der Waals surface area contributed by atoms with E-state index in [0.717, 1.165) is 29.7 Å². The van der Waals surface area contributed by atoms with E-state index in [0.29, 0.717) is 17.9 Å². The van der Waals surface area contributed by atoms with Gasteiger partial charge in [0, 0.05) is 24.0 Å². The standard InChI is InChI=1S/C24H32N4O3/c1-5-18-9-8-10-19(6-2)24(18)27-23(31)16-28(7-3)15-22(30)26-21-13-11-20(12-14-21)25-17(4)29/h8-14H,5-7,15-16H2,1-4H3,(H,25,29)(H,26,30)(H,27,31). The van der Waals surface area contributed by atoms with Gasteiger partial charge in [0.2, 0.25) is 17.7 Å². The van der Waals surface area contributed by atoms with Gasteiger partial charge in [0.25, 0.3) is 0 Å². The van der Waals surface area contributed by atoms with Crippen LogP contribution in [0.15, 0.2) is 42.5 Å². The largest absolute Gasteiger partial charge is 0.326 e. The number of hydrogen-bond acceptors (Lipinski definition) is 4. The van der Waals surface area contributed by atoms with Crippen LogP contribution in [0.1, 0.15) is 38.8 Å². The second-order valence-electron chi connectivity index (χ2n) is 7.32. The molecule has 2 aromatic carbocycles. The first-order chi connectivity index (χ1) is 14.9. The fraction of sp³-hybridized carbons (Fsp3) is 0.375. The zero-order valence-corrected chi connectivity index (χ0v) is 18.7. The van der Waals surface area contributed by atoms with E-state index in [1.165, 1.54) is 6.92 Å². The molecule has 0 heterocycles. The molecular weight excluding hydrogens is 392 g/mol. The molecule has 2 rings (SSSR count). The summed E-state index contributed by atoms with van der Waals surface area (Å²) >= 11 is 0. The number of nitrogens with one attached hydrogen (secondary N) is 3. The zero-order chi connectivity index (χ0) is 22.8. The van der Waals surface area contributed by atoms with Crippen LogP contribution in [0.2, 0.25) is 0 Å². The molecule has 7 heteroatoms. The number of carbonyl (C=O) groups excluding carboxylic acids is 3. The van der Waals surface area contributed by atoms with Crippen LogP contribution >= 0.6 is 0 Å². The number of benzene rings is 2. The Kier molecular flexibility index (Phi) is 9.21. The summed E-state index contributed by atoms with van der Waals surface area (Å²) in [5.41, 5.74) is 4.39. The zero-order valence-electron chi connectivity index (χ0n) is 18.7. The van der Waals surface area contributed by atoms with Gasteiger partial charge in [0.1, 0.15) is 0 Å². The van der Waals surface area contributed by atoms with Crippen molar-refractivity contribution in [1.82, 2.24) is 4.90 Å². The number of aryl methyl sites for hydroxylation is 2. The summed E-state index contributed by atoms with van der Waals surface area (Å²) in [4.78, 5) is 38.0. The molecular formula is C24H32N4O3. The molecule has 0 radical (unpaired) electrons. The van der Waals surface area contributed by atoms with Crippen molar-refractivity contribution >= 4 is 34.8 Å². The fourth-order valence-corrected chi connectivity index (χ4v) is 3.31. The first-order valence-electron chi connectivity index (χ1n) is 10.7. The minimum absolute atomic E-state index is 0.105. The van der Waals surface area contributed by atoms with Gasteiger partial charge in [-0.15, -0.1) is 0 Å². The summed E-state index contributed by atoms with van der Waals surface area (Å²) in [7, 11) is 0. The maximum atomic E-state index is 12.7. The van der Waals surface area contributed by atoms with E-state index in [1.807, 2.05) is 25.1 Å². The van der Waals surface area contributed by atoms with Gasteiger partial charge in [-0.1, -0.05) is 39.0 Å². The SMILES string of the molecule is CCc1cccc(CC)c1NC(=O)CN(CC)CC(=O)Nc1ccc(NC(C)=O)cc1. The van der Waals surface area contributed by atoms with Gasteiger partial charge in [0.15, 0.2) is 0 Å². The lowest BCUT2D eigenvalue weighted by Gasteiger charge is -2.21. The van der Waals surface area contributed by atoms with Crippen molar-refractivity contribution in [1.29, 1.82) is 0 Å². The van der Waals surface area contributed by atoms with E-state index in [2.05, 4.69) is 29.8 Å². The van der Waals surface area contributed by atoms with Crippen LogP contribution in [0.3, 0.4) is 0 Å². The average Bonchev–Trinajstić information content (AvgIpc) is 2.74. The third-order valence-corrected chi connectivity index (χ3v) is 4.93. The normalized spacial score (nSPS) is 10.6. The number of amides is 3. The second kappa shape index (κ2) is 11.9. The first kappa shape index (κ1) is 24.1. The van der Waals surface area contributed by atoms with Crippen molar-refractivity contribution in [3.63, 3.8) is 0 Å². The molecule has 0 bridgehead atoms. The van der Waals surface area contributed by atoms with Gasteiger partial charge in [-0.2, -0.15) is 0 Å². The van der Waals surface area contributed by atoms with Crippen molar-refractivity contribution in [2.45, 2.75) is 40.5 Å². The number of anilines is 3. The van der Waals surface area contributed by atoms with Gasteiger partial charge in [-0.25, -0.2) is 0 Å². The summed E-state index contributed by atoms with van der Waals surface area (Å²) in [6, 6.07) is 12.9. The maximum Gasteiger partial charge on any atom is 0.238 e. The Labute approximate surface area is 184 Å². The van der Waals surface area contributed by atoms with Gasteiger partial charge in [-0.05, 0) is 54.8 Å². The fourth-order valence-electron chi connectivity index (χ4n) is 3.31. The van der Waals surface area contributed by atoms with Gasteiger partial charge >= 0.3 is 0 Å². The van der Waals surface area contributed by atoms with E-state index in [1.54, 1.807) is 29.2 Å². The molecule has 0 atom stereocenters. The summed E-state index contributed by atoms with van der Waals surface area (Å²) in [5, 5.41) is 8.55. The minimum atomic E-state index is -0.204. The highest BCUT2D eigenvalue weighted by Gasteiger charge is 2.16. The van der Waals surface area contributed by atoms with Crippen molar-refractivity contribution in [3.8, 4) is 0 Å². The maximum absolute atomic E-state index is 12.7. The molecule has 0 aromatic heterocycles. The molecule has 0 unspecified atom stereocenters. The highest BCUT2D eigenvalue weighted by Crippen LogP contribution is 2.22. The van der Waals surface area contributed by atoms with E-state index >= 15 is 0 Å². The summed E-state index contributed by atoms with van der Waals surface area (Å²) in [6.07, 6.45) is 1.67. The Morgan fingerprint density at radius 1 is 0.742 bits per heavy atom. The molecule has 0 saturated carbocycles. The van der Waals surface area contributed by atoms with Crippen LogP contribution < -0.4 is 16.0 Å². The van der Waals surface area contributed by atoms with E-state index in [4.69, 9.17) is 0 Å². The van der Waals surface area contributed by atoms with E-state index in [-0.39, 0.29) is 30.8 Å². The molecule has 3 amide bonds. The Balaban J connectivity index is 1.93. The lowest BCUT2D eigenvalue weighted by atomic mass is 10.0. The van der Waals surface area contributed by atoms with Crippen LogP contribution in [-0.2, 0) is 27.2 Å². The molecule has 0 aliphatic heterocycles. The van der Waals surface area contributed by atoms with E-state index in [9.17, 15) is 14.4 Å². The molecule has 3 N–H and O–H groups in total. The first-order valence-corrected chi connectivity index (χ1v) is 10.7. The molecule has 0 aliphatic carbocycles. The predicted octanol–water partition coefficient (Wildman–Crippen LogP) is 3.67. The van der Waals surface area contributed by atoms with Crippen molar-refractivity contribution in [2.24, 2.45) is 0 Å². The molecule has 0 saturated heterocycles. The molecule has 2 aromatic rings. The monoisotopic (exact) mass is 424 g/mol. The predicted molar refractivity (Wildman–Crippen MR) is 125 cm³/mol. The van der Waals surface area contributed by atoms with Crippen LogP contribution in [0, 0.1) is 0 Å². The van der Waals surface area contributed by atoms with E-state index < -0.39 is 0 Å². The van der Waals surface area contributed by atoms with Crippen LogP contribution in [0.5, 0.6) is 0 Å². The molecule has 7 nitrogen and oxygen atoms in total. The van der Waals surface area contributed by atoms with Crippen molar-refractivity contribution in [3.05, 3.63) is 53.6 Å². The average molecular weight is 425 g/mol. The van der Waals surface area contributed by atoms with Gasteiger partial charge < -0.3 is 16.0 Å². The van der Waals surface area contributed by atoms with Crippen LogP contribution in [0.25, 0.3) is 0 Å². The molecule has 31 heavy (non-hydrogen) atoms. The van der Waals surface area contributed by atoms with Crippen molar-refractivity contribution < 1.29 is 14.4 Å². The molecule has 0 fully saturated rings. The number of rotatable bonds is 10. The van der Waals surface area contributed by atoms with Gasteiger partial charge in [0.05, 0.1) is 13.1 Å². The summed E-state index contributed by atoms with van der Waals surface area (Å²) in [6.45, 7) is 8.29. The Hall–Kier alpha value is -3.19. The summed E-state index contributed by atoms with van der Waals surface area (Å²) in [5.74, 6) is -0.490. The smallest absolute Gasteiger partial charge is 0.238 e. The quantitative estimate of drug-likeness (QED) is 0.543. The van der Waals surface area contributed by atoms with Crippen molar-refractivity contribution in [2.75, 3.05) is 35.6 Å². The molecule has 166 valence electrons. The minimum Gasteiger partial charge on any atom is -0.326 e. The number of likely N-dealkylation sites (N-methyl/N-ethyl adjacent to an activating group) is 1. The lowest BCUT2D eigenvalue weighted by molar-refractivity contribution is -0.120. The second-order valence-corrected chi connectivity index (χ2v) is 7.32. The highest BCUT2D eigenvalue weighted by atomic mass is 16.2. The molecule has 0 spiro atoms. The number of para-hydroxylation sites is 1. The topological polar surface area (TPSA) is 90.5 Å². The van der Waals surface area contributed by atoms with Crippen LogP contribution in [0.4, 0.5) is 17.1 Å². The number of carbonyl (C=O) groups is 3. The van der Waals surface area contributed by atoms with Gasteiger partial charge in [-0.3, -0.25) is 19.3 Å². The summed E-state index contributed by atoms with van der Waals surface area (Å²) < 4.78 is 0. The number of nitrogens with zero attached hydrogens (tertiary/aromatic N) is 1. The Bertz CT molecular complexity index is 887. The Morgan fingerprint density at radius 2 is 1.23 bits per heavy atom. The third-order valence-electron chi connectivity index (χ3n) is 4.93. The highest BCUT2D eigenvalue weighted by molar-refractivity contribution is 5.96.